The van der Waals surface area contributed by atoms with Crippen LogP contribution in [0.25, 0.3) is 0 Å². The van der Waals surface area contributed by atoms with Crippen LogP contribution in [0.4, 0.5) is 5.69 Å². The smallest absolute Gasteiger partial charge is 0.264 e. The summed E-state index contributed by atoms with van der Waals surface area (Å²) in [7, 11) is -0.507. The second-order valence-corrected chi connectivity index (χ2v) is 14.5. The topological polar surface area (TPSA) is 108 Å². The van der Waals surface area contributed by atoms with Crippen LogP contribution in [0.3, 0.4) is 0 Å². The van der Waals surface area contributed by atoms with Crippen molar-refractivity contribution < 1.29 is 27.5 Å². The number of ether oxygens (including phenoxy) is 2. The molecule has 1 N–H and O–H groups in total. The monoisotopic (exact) mass is 696 g/mol. The number of rotatable bonds is 14. The van der Waals surface area contributed by atoms with Gasteiger partial charge in [0.2, 0.25) is 10.0 Å². The molecule has 2 aliphatic heterocycles. The number of hydrogen-bond acceptors (Lipinski definition) is 8. The first-order chi connectivity index (χ1) is 24.2. The van der Waals surface area contributed by atoms with E-state index in [9.17, 15) is 18.0 Å². The number of piperazine rings is 1. The number of carbonyl (C=O) groups is 2. The fourth-order valence-electron chi connectivity index (χ4n) is 7.00. The van der Waals surface area contributed by atoms with Gasteiger partial charge in [0.1, 0.15) is 0 Å². The van der Waals surface area contributed by atoms with Crippen molar-refractivity contribution in [1.29, 1.82) is 0 Å². The van der Waals surface area contributed by atoms with Gasteiger partial charge < -0.3 is 14.4 Å². The van der Waals surface area contributed by atoms with Crippen molar-refractivity contribution in [3.05, 3.63) is 125 Å². The van der Waals surface area contributed by atoms with Gasteiger partial charge in [-0.2, -0.15) is 0 Å². The number of carbonyl (C=O) groups excluding carboxylic acids is 2. The molecule has 0 aliphatic carbocycles. The van der Waals surface area contributed by atoms with Crippen molar-refractivity contribution in [2.75, 3.05) is 51.8 Å². The van der Waals surface area contributed by atoms with Gasteiger partial charge in [0, 0.05) is 38.8 Å². The Bertz CT molecular complexity index is 1910. The van der Waals surface area contributed by atoms with Crippen molar-refractivity contribution in [3.63, 3.8) is 0 Å². The van der Waals surface area contributed by atoms with Gasteiger partial charge in [0.05, 0.1) is 42.8 Å². The van der Waals surface area contributed by atoms with Gasteiger partial charge in [-0.3, -0.25) is 19.4 Å². The van der Waals surface area contributed by atoms with E-state index in [-0.39, 0.29) is 30.2 Å². The highest BCUT2D eigenvalue weighted by Crippen LogP contribution is 2.40. The standard InChI is InChI=1S/C39H44N4O6S/c1-28(30-14-8-5-9-15-30)41-22-24-42(25-23-41)34-17-10-16-32-37(34)39(45)43(38(32)44)33(31-19-20-35(48-2)36(26-31)49-3)18-11-21-40-50(46,47)27-29-12-6-4-7-13-29/h4-10,12-17,19-20,26,28,33,40H,11,18,21-25,27H2,1-3H3/t28-,33?/m1/s1. The molecule has 1 fully saturated rings. The number of nitrogens with one attached hydrogen (secondary N) is 1. The first kappa shape index (κ1) is 35.1. The largest absolute Gasteiger partial charge is 0.493 e. The molecule has 0 bridgehead atoms. The summed E-state index contributed by atoms with van der Waals surface area (Å²) < 4.78 is 39.4. The average Bonchev–Trinajstić information content (AvgIpc) is 3.40. The first-order valence-electron chi connectivity index (χ1n) is 17.0. The molecule has 1 unspecified atom stereocenters. The summed E-state index contributed by atoms with van der Waals surface area (Å²) in [5, 5.41) is 0. The van der Waals surface area contributed by atoms with Crippen LogP contribution in [0, 0.1) is 0 Å². The van der Waals surface area contributed by atoms with Gasteiger partial charge in [-0.05, 0) is 60.7 Å². The number of benzene rings is 4. The number of anilines is 1. The van der Waals surface area contributed by atoms with Gasteiger partial charge in [0.15, 0.2) is 11.5 Å². The number of amides is 2. The van der Waals surface area contributed by atoms with Crippen LogP contribution in [0.15, 0.2) is 97.1 Å². The molecule has 11 heteroatoms. The van der Waals surface area contributed by atoms with Gasteiger partial charge in [-0.1, -0.05) is 72.8 Å². The van der Waals surface area contributed by atoms with Crippen LogP contribution in [-0.4, -0.2) is 77.0 Å². The Balaban J connectivity index is 1.21. The fraction of sp³-hybridized carbons (Fsp3) is 0.333. The molecule has 4 aromatic rings. The molecular formula is C39H44N4O6S. The maximum absolute atomic E-state index is 14.4. The maximum Gasteiger partial charge on any atom is 0.264 e. The predicted octanol–water partition coefficient (Wildman–Crippen LogP) is 5.82. The Labute approximate surface area is 294 Å². The molecule has 1 saturated heterocycles. The molecule has 0 saturated carbocycles. The molecule has 10 nitrogen and oxygen atoms in total. The summed E-state index contributed by atoms with van der Waals surface area (Å²) in [6, 6.07) is 29.9. The second kappa shape index (κ2) is 15.5. The molecule has 50 heavy (non-hydrogen) atoms. The van der Waals surface area contributed by atoms with Crippen LogP contribution in [0.2, 0.25) is 0 Å². The molecular weight excluding hydrogens is 653 g/mol. The van der Waals surface area contributed by atoms with Crippen LogP contribution >= 0.6 is 0 Å². The number of methoxy groups -OCH3 is 2. The molecule has 262 valence electrons. The van der Waals surface area contributed by atoms with E-state index in [1.807, 2.05) is 30.3 Å². The zero-order valence-corrected chi connectivity index (χ0v) is 29.6. The number of fused-ring (bicyclic) bond motifs is 1. The van der Waals surface area contributed by atoms with Gasteiger partial charge >= 0.3 is 0 Å². The molecule has 2 aliphatic rings. The summed E-state index contributed by atoms with van der Waals surface area (Å²) >= 11 is 0. The summed E-state index contributed by atoms with van der Waals surface area (Å²) in [5.41, 5.74) is 4.20. The highest BCUT2D eigenvalue weighted by molar-refractivity contribution is 7.88. The maximum atomic E-state index is 14.4. The molecule has 0 spiro atoms. The Morgan fingerprint density at radius 1 is 0.760 bits per heavy atom. The molecule has 4 aromatic carbocycles. The number of nitrogens with zero attached hydrogens (tertiary/aromatic N) is 3. The van der Waals surface area contributed by atoms with E-state index in [0.29, 0.717) is 46.6 Å². The lowest BCUT2D eigenvalue weighted by Crippen LogP contribution is -2.47. The molecule has 2 amide bonds. The van der Waals surface area contributed by atoms with Crippen LogP contribution in [0.5, 0.6) is 11.5 Å². The summed E-state index contributed by atoms with van der Waals surface area (Å²) in [4.78, 5) is 34.5. The Kier molecular flexibility index (Phi) is 10.9. The van der Waals surface area contributed by atoms with Gasteiger partial charge in [-0.15, -0.1) is 0 Å². The molecule has 2 atom stereocenters. The minimum absolute atomic E-state index is 0.131. The highest BCUT2D eigenvalue weighted by Gasteiger charge is 2.43. The lowest BCUT2D eigenvalue weighted by Gasteiger charge is -2.39. The Morgan fingerprint density at radius 3 is 2.12 bits per heavy atom. The Hall–Kier alpha value is -4.71. The van der Waals surface area contributed by atoms with Crippen molar-refractivity contribution in [1.82, 2.24) is 14.5 Å². The minimum atomic E-state index is -3.59. The Morgan fingerprint density at radius 2 is 1.44 bits per heavy atom. The lowest BCUT2D eigenvalue weighted by atomic mass is 9.99. The van der Waals surface area contributed by atoms with Crippen LogP contribution in [-0.2, 0) is 15.8 Å². The van der Waals surface area contributed by atoms with Crippen molar-refractivity contribution in [2.24, 2.45) is 0 Å². The third-order valence-electron chi connectivity index (χ3n) is 9.69. The summed E-state index contributed by atoms with van der Waals surface area (Å²) in [6.45, 7) is 5.45. The first-order valence-corrected chi connectivity index (χ1v) is 18.6. The van der Waals surface area contributed by atoms with E-state index in [1.54, 1.807) is 49.6 Å². The third-order valence-corrected chi connectivity index (χ3v) is 11.0. The van der Waals surface area contributed by atoms with E-state index in [2.05, 4.69) is 45.7 Å². The number of imide groups is 1. The van der Waals surface area contributed by atoms with E-state index in [4.69, 9.17) is 9.47 Å². The highest BCUT2D eigenvalue weighted by atomic mass is 32.2. The quantitative estimate of drug-likeness (QED) is 0.130. The predicted molar refractivity (Wildman–Crippen MR) is 194 cm³/mol. The molecule has 0 aromatic heterocycles. The normalized spacial score (nSPS) is 16.3. The number of sulfonamides is 1. The summed E-state index contributed by atoms with van der Waals surface area (Å²) in [5.74, 6) is 0.137. The van der Waals surface area contributed by atoms with E-state index in [0.717, 1.165) is 31.9 Å². The molecule has 6 rings (SSSR count). The third kappa shape index (κ3) is 7.55. The van der Waals surface area contributed by atoms with Crippen molar-refractivity contribution in [3.8, 4) is 11.5 Å². The van der Waals surface area contributed by atoms with E-state index >= 15 is 0 Å². The van der Waals surface area contributed by atoms with Crippen molar-refractivity contribution >= 4 is 27.5 Å². The lowest BCUT2D eigenvalue weighted by molar-refractivity contribution is 0.0572. The fourth-order valence-corrected chi connectivity index (χ4v) is 8.19. The van der Waals surface area contributed by atoms with Crippen LogP contribution in [0.1, 0.15) is 69.3 Å². The SMILES string of the molecule is COc1ccc(C(CCCNS(=O)(=O)Cc2ccccc2)N2C(=O)c3cccc(N4CCN([C@H](C)c5ccccc5)CC4)c3C2=O)cc1OC. The number of hydrogen-bond donors (Lipinski definition) is 1. The zero-order chi connectivity index (χ0) is 35.3. The van der Waals surface area contributed by atoms with Gasteiger partial charge in [-0.25, -0.2) is 13.1 Å². The zero-order valence-electron chi connectivity index (χ0n) is 28.7. The van der Waals surface area contributed by atoms with Crippen LogP contribution < -0.4 is 19.1 Å². The molecule has 2 heterocycles. The molecule has 0 radical (unpaired) electrons. The van der Waals surface area contributed by atoms with E-state index < -0.39 is 16.1 Å². The van der Waals surface area contributed by atoms with E-state index in [1.165, 1.54) is 17.6 Å². The van der Waals surface area contributed by atoms with Crippen molar-refractivity contribution in [2.45, 2.75) is 37.6 Å². The summed E-state index contributed by atoms with van der Waals surface area (Å²) in [6.07, 6.45) is 0.717. The minimum Gasteiger partial charge on any atom is -0.493 e. The second-order valence-electron chi connectivity index (χ2n) is 12.7. The average molecular weight is 697 g/mol. The van der Waals surface area contributed by atoms with Gasteiger partial charge in [0.25, 0.3) is 11.8 Å².